The lowest BCUT2D eigenvalue weighted by molar-refractivity contribution is -0.127. The number of hydrogen-bond donors (Lipinski definition) is 3. The molecule has 0 saturated heterocycles. The van der Waals surface area contributed by atoms with Crippen LogP contribution in [0.5, 0.6) is 0 Å². The van der Waals surface area contributed by atoms with E-state index in [4.69, 9.17) is 23.2 Å². The third-order valence-electron chi connectivity index (χ3n) is 5.60. The summed E-state index contributed by atoms with van der Waals surface area (Å²) in [4.78, 5) is 38.5. The van der Waals surface area contributed by atoms with Crippen LogP contribution in [0.15, 0.2) is 47.7 Å². The van der Waals surface area contributed by atoms with E-state index >= 15 is 0 Å². The van der Waals surface area contributed by atoms with E-state index in [1.807, 2.05) is 13.0 Å². The van der Waals surface area contributed by atoms with Gasteiger partial charge in [0.15, 0.2) is 5.76 Å². The van der Waals surface area contributed by atoms with E-state index in [9.17, 15) is 23.9 Å². The van der Waals surface area contributed by atoms with Crippen molar-refractivity contribution in [2.45, 2.75) is 32.7 Å². The fraction of sp³-hybridized carbons (Fsp3) is 0.320. The van der Waals surface area contributed by atoms with Gasteiger partial charge in [-0.2, -0.15) is 0 Å². The monoisotopic (exact) mass is 521 g/mol. The molecule has 2 aromatic rings. The number of aliphatic hydroxyl groups is 1. The molecule has 1 unspecified atom stereocenters. The van der Waals surface area contributed by atoms with Crippen molar-refractivity contribution in [2.24, 2.45) is 0 Å². The van der Waals surface area contributed by atoms with Gasteiger partial charge < -0.3 is 20.6 Å². The molecule has 0 fully saturated rings. The van der Waals surface area contributed by atoms with E-state index in [0.717, 1.165) is 11.6 Å². The largest absolute Gasteiger partial charge is 0.503 e. The summed E-state index contributed by atoms with van der Waals surface area (Å²) in [7, 11) is 0. The van der Waals surface area contributed by atoms with Crippen LogP contribution in [0, 0.1) is 12.7 Å². The average molecular weight is 522 g/mol. The smallest absolute Gasteiger partial charge is 0.289 e. The average Bonchev–Trinajstić information content (AvgIpc) is 3.08. The van der Waals surface area contributed by atoms with Crippen molar-refractivity contribution in [1.82, 2.24) is 15.5 Å². The Morgan fingerprint density at radius 1 is 1.14 bits per heavy atom. The summed E-state index contributed by atoms with van der Waals surface area (Å²) in [5, 5.41) is 16.5. The van der Waals surface area contributed by atoms with Crippen LogP contribution in [-0.2, 0) is 16.0 Å². The molecule has 0 bridgehead atoms. The van der Waals surface area contributed by atoms with Gasteiger partial charge in [-0.15, -0.1) is 0 Å². The minimum atomic E-state index is -0.686. The number of benzene rings is 2. The zero-order valence-electron chi connectivity index (χ0n) is 19.3. The maximum atomic E-state index is 13.5. The molecule has 7 nitrogen and oxygen atoms in total. The van der Waals surface area contributed by atoms with E-state index in [2.05, 4.69) is 10.6 Å². The van der Waals surface area contributed by atoms with Crippen LogP contribution < -0.4 is 10.6 Å². The number of amides is 3. The number of aliphatic hydroxyl groups excluding tert-OH is 1. The molecule has 10 heteroatoms. The zero-order chi connectivity index (χ0) is 25.7. The zero-order valence-corrected chi connectivity index (χ0v) is 20.8. The van der Waals surface area contributed by atoms with Gasteiger partial charge in [-0.05, 0) is 68.1 Å². The first-order chi connectivity index (χ1) is 16.5. The summed E-state index contributed by atoms with van der Waals surface area (Å²) in [6.07, 6.45) is 1.26. The number of carbonyl (C=O) groups excluding carboxylic acids is 3. The number of hydrogen-bond acceptors (Lipinski definition) is 4. The molecule has 0 saturated carbocycles. The van der Waals surface area contributed by atoms with Crippen LogP contribution in [0.1, 0.15) is 34.8 Å². The SMILES string of the molecule is Cc1cc(F)cc(C(=O)NCCN2CC(C(=O)NC(C)CCc3ccc(Cl)c(Cl)c3)=C(O)C2=O)c1. The van der Waals surface area contributed by atoms with E-state index < -0.39 is 29.3 Å². The van der Waals surface area contributed by atoms with Gasteiger partial charge in [0, 0.05) is 24.7 Å². The lowest BCUT2D eigenvalue weighted by Crippen LogP contribution is -2.38. The van der Waals surface area contributed by atoms with Gasteiger partial charge in [-0.1, -0.05) is 29.3 Å². The second-order valence-electron chi connectivity index (χ2n) is 8.49. The fourth-order valence-corrected chi connectivity index (χ4v) is 4.03. The molecule has 2 aromatic carbocycles. The molecular formula is C25H26Cl2FN3O4. The van der Waals surface area contributed by atoms with Gasteiger partial charge in [-0.25, -0.2) is 4.39 Å². The van der Waals surface area contributed by atoms with Crippen LogP contribution in [0.3, 0.4) is 0 Å². The number of rotatable bonds is 9. The molecule has 1 heterocycles. The van der Waals surface area contributed by atoms with E-state index in [-0.39, 0.29) is 36.8 Å². The highest BCUT2D eigenvalue weighted by Gasteiger charge is 2.34. The molecule has 3 N–H and O–H groups in total. The van der Waals surface area contributed by atoms with Crippen LogP contribution in [0.4, 0.5) is 4.39 Å². The first kappa shape index (κ1) is 26.5. The predicted molar refractivity (Wildman–Crippen MR) is 132 cm³/mol. The lowest BCUT2D eigenvalue weighted by Gasteiger charge is -2.17. The van der Waals surface area contributed by atoms with Gasteiger partial charge in [-0.3, -0.25) is 14.4 Å². The Morgan fingerprint density at radius 3 is 2.57 bits per heavy atom. The third kappa shape index (κ3) is 6.96. The Balaban J connectivity index is 1.48. The Bertz CT molecular complexity index is 1170. The van der Waals surface area contributed by atoms with Crippen molar-refractivity contribution in [1.29, 1.82) is 0 Å². The number of aryl methyl sites for hydroxylation is 2. The second-order valence-corrected chi connectivity index (χ2v) is 9.30. The molecule has 0 spiro atoms. The summed E-state index contributed by atoms with van der Waals surface area (Å²) in [6, 6.07) is 9.11. The van der Waals surface area contributed by atoms with Gasteiger partial charge in [0.25, 0.3) is 17.7 Å². The van der Waals surface area contributed by atoms with Crippen LogP contribution >= 0.6 is 23.2 Å². The van der Waals surface area contributed by atoms with Crippen molar-refractivity contribution in [3.05, 3.63) is 80.3 Å². The van der Waals surface area contributed by atoms with Gasteiger partial charge >= 0.3 is 0 Å². The molecule has 35 heavy (non-hydrogen) atoms. The Kier molecular flexibility index (Phi) is 8.75. The van der Waals surface area contributed by atoms with Crippen molar-refractivity contribution >= 4 is 40.9 Å². The van der Waals surface area contributed by atoms with Crippen LogP contribution in [0.2, 0.25) is 10.0 Å². The molecule has 0 aromatic heterocycles. The molecule has 0 aliphatic carbocycles. The van der Waals surface area contributed by atoms with Gasteiger partial charge in [0.1, 0.15) is 5.82 Å². The maximum absolute atomic E-state index is 13.5. The Hall–Kier alpha value is -3.10. The summed E-state index contributed by atoms with van der Waals surface area (Å²) >= 11 is 12.0. The first-order valence-corrected chi connectivity index (χ1v) is 11.8. The maximum Gasteiger partial charge on any atom is 0.289 e. The quantitative estimate of drug-likeness (QED) is 0.465. The van der Waals surface area contributed by atoms with Gasteiger partial charge in [0.05, 0.1) is 22.2 Å². The standard InChI is InChI=1S/C25H26Cl2FN3O4/c1-14-9-17(12-18(28)10-14)23(33)29-7-8-31-13-19(22(32)25(31)35)24(34)30-15(2)3-4-16-5-6-20(26)21(27)11-16/h5-6,9-12,15,32H,3-4,7-8,13H2,1-2H3,(H,29,33)(H,30,34). The molecule has 1 aliphatic heterocycles. The molecule has 3 rings (SSSR count). The molecule has 0 radical (unpaired) electrons. The van der Waals surface area contributed by atoms with Crippen LogP contribution in [-0.4, -0.2) is 53.4 Å². The normalized spacial score (nSPS) is 14.3. The highest BCUT2D eigenvalue weighted by atomic mass is 35.5. The fourth-order valence-electron chi connectivity index (χ4n) is 3.71. The van der Waals surface area contributed by atoms with Crippen molar-refractivity contribution in [2.75, 3.05) is 19.6 Å². The summed E-state index contributed by atoms with van der Waals surface area (Å²) in [5.74, 6) is -2.81. The van der Waals surface area contributed by atoms with Crippen molar-refractivity contribution in [3.63, 3.8) is 0 Å². The second kappa shape index (κ2) is 11.6. The Labute approximate surface area is 212 Å². The first-order valence-electron chi connectivity index (χ1n) is 11.1. The summed E-state index contributed by atoms with van der Waals surface area (Å²) in [6.45, 7) is 3.57. The summed E-state index contributed by atoms with van der Waals surface area (Å²) in [5.41, 5.74) is 1.73. The van der Waals surface area contributed by atoms with Crippen LogP contribution in [0.25, 0.3) is 0 Å². The van der Waals surface area contributed by atoms with Crippen molar-refractivity contribution < 1.29 is 23.9 Å². The van der Waals surface area contributed by atoms with Crippen molar-refractivity contribution in [3.8, 4) is 0 Å². The highest BCUT2D eigenvalue weighted by molar-refractivity contribution is 6.42. The Morgan fingerprint density at radius 2 is 1.89 bits per heavy atom. The number of nitrogens with one attached hydrogen (secondary N) is 2. The van der Waals surface area contributed by atoms with E-state index in [1.165, 1.54) is 11.0 Å². The third-order valence-corrected chi connectivity index (χ3v) is 6.34. The van der Waals surface area contributed by atoms with E-state index in [0.29, 0.717) is 28.5 Å². The minimum Gasteiger partial charge on any atom is -0.503 e. The highest BCUT2D eigenvalue weighted by Crippen LogP contribution is 2.23. The number of nitrogens with zero attached hydrogens (tertiary/aromatic N) is 1. The number of carbonyl (C=O) groups is 3. The minimum absolute atomic E-state index is 0.0246. The van der Waals surface area contributed by atoms with Gasteiger partial charge in [0.2, 0.25) is 0 Å². The molecule has 3 amide bonds. The molecular weight excluding hydrogens is 496 g/mol. The van der Waals surface area contributed by atoms with E-state index in [1.54, 1.807) is 25.1 Å². The summed E-state index contributed by atoms with van der Waals surface area (Å²) < 4.78 is 13.5. The molecule has 1 atom stereocenters. The predicted octanol–water partition coefficient (Wildman–Crippen LogP) is 3.96. The molecule has 186 valence electrons. The lowest BCUT2D eigenvalue weighted by atomic mass is 10.1. The number of halogens is 3. The topological polar surface area (TPSA) is 98.7 Å². The molecule has 1 aliphatic rings.